The van der Waals surface area contributed by atoms with E-state index in [1.807, 2.05) is 6.07 Å². The fourth-order valence-corrected chi connectivity index (χ4v) is 4.04. The molecule has 0 amide bonds. The van der Waals surface area contributed by atoms with Crippen LogP contribution in [0.25, 0.3) is 0 Å². The summed E-state index contributed by atoms with van der Waals surface area (Å²) in [4.78, 5) is 15.6. The van der Waals surface area contributed by atoms with E-state index in [4.69, 9.17) is 0 Å². The van der Waals surface area contributed by atoms with Crippen LogP contribution in [0.15, 0.2) is 18.2 Å². The Labute approximate surface area is 133 Å². The summed E-state index contributed by atoms with van der Waals surface area (Å²) in [6.07, 6.45) is 2.55. The van der Waals surface area contributed by atoms with Crippen molar-refractivity contribution in [2.75, 3.05) is 24.5 Å². The molecule has 1 aromatic carbocycles. The maximum atomic E-state index is 10.9. The van der Waals surface area contributed by atoms with E-state index in [0.29, 0.717) is 17.4 Å². The predicted octanol–water partition coefficient (Wildman–Crippen LogP) is 3.16. The topological polar surface area (TPSA) is 49.6 Å². The summed E-state index contributed by atoms with van der Waals surface area (Å²) < 4.78 is 0. The summed E-state index contributed by atoms with van der Waals surface area (Å²) in [7, 11) is 0. The van der Waals surface area contributed by atoms with Gasteiger partial charge in [-0.1, -0.05) is 15.9 Å². The summed E-state index contributed by atoms with van der Waals surface area (Å²) >= 11 is 3.47. The number of anilines is 1. The van der Waals surface area contributed by atoms with Crippen LogP contribution in [0.4, 0.5) is 11.4 Å². The Bertz CT molecular complexity index is 552. The molecule has 0 saturated carbocycles. The van der Waals surface area contributed by atoms with Crippen molar-refractivity contribution in [3.05, 3.63) is 33.9 Å². The first-order chi connectivity index (χ1) is 10.1. The lowest BCUT2D eigenvalue weighted by atomic mass is 10.0. The summed E-state index contributed by atoms with van der Waals surface area (Å²) in [5.74, 6) is 0. The lowest BCUT2D eigenvalue weighted by Gasteiger charge is -2.44. The molecule has 0 N–H and O–H groups in total. The van der Waals surface area contributed by atoms with Gasteiger partial charge in [0.05, 0.1) is 4.92 Å². The van der Waals surface area contributed by atoms with Crippen molar-refractivity contribution < 1.29 is 4.92 Å². The van der Waals surface area contributed by atoms with Crippen LogP contribution in [-0.4, -0.2) is 41.5 Å². The zero-order chi connectivity index (χ0) is 15.0. The number of non-ortho nitro benzene ring substituents is 1. The van der Waals surface area contributed by atoms with Crippen molar-refractivity contribution in [3.8, 4) is 0 Å². The molecule has 21 heavy (non-hydrogen) atoms. The Hall–Kier alpha value is -1.14. The maximum absolute atomic E-state index is 10.9. The fourth-order valence-electron chi connectivity index (χ4n) is 3.60. The molecule has 114 valence electrons. The summed E-state index contributed by atoms with van der Waals surface area (Å²) in [6, 6.07) is 6.31. The van der Waals surface area contributed by atoms with Crippen LogP contribution in [0.1, 0.15) is 25.3 Å². The largest absolute Gasteiger partial charge is 0.366 e. The molecule has 0 aromatic heterocycles. The van der Waals surface area contributed by atoms with E-state index in [1.54, 1.807) is 12.1 Å². The Morgan fingerprint density at radius 2 is 2.24 bits per heavy atom. The quantitative estimate of drug-likeness (QED) is 0.475. The SMILES string of the molecule is CC1CN2CCCC2CN1c1ccc([N+](=O)[O-])cc1CBr. The average molecular weight is 354 g/mol. The van der Waals surface area contributed by atoms with Gasteiger partial charge < -0.3 is 4.90 Å². The molecular weight excluding hydrogens is 334 g/mol. The van der Waals surface area contributed by atoms with Crippen molar-refractivity contribution in [3.63, 3.8) is 0 Å². The van der Waals surface area contributed by atoms with E-state index in [9.17, 15) is 10.1 Å². The standard InChI is InChI=1S/C15H20BrN3O2/c1-11-9-17-6-2-3-14(17)10-18(11)15-5-4-13(19(20)21)7-12(15)8-16/h4-5,7,11,14H,2-3,6,8-10H2,1H3. The van der Waals surface area contributed by atoms with Crippen LogP contribution < -0.4 is 4.90 Å². The van der Waals surface area contributed by atoms with Gasteiger partial charge in [-0.2, -0.15) is 0 Å². The van der Waals surface area contributed by atoms with E-state index >= 15 is 0 Å². The Morgan fingerprint density at radius 1 is 1.43 bits per heavy atom. The van der Waals surface area contributed by atoms with Gasteiger partial charge in [0.25, 0.3) is 5.69 Å². The van der Waals surface area contributed by atoms with Crippen molar-refractivity contribution in [1.82, 2.24) is 4.90 Å². The molecular formula is C15H20BrN3O2. The first kappa shape index (κ1) is 14.8. The molecule has 2 heterocycles. The first-order valence-corrected chi connectivity index (χ1v) is 8.56. The van der Waals surface area contributed by atoms with Crippen molar-refractivity contribution >= 4 is 27.3 Å². The highest BCUT2D eigenvalue weighted by Crippen LogP contribution is 2.33. The second-order valence-electron chi connectivity index (χ2n) is 6.00. The van der Waals surface area contributed by atoms with Gasteiger partial charge in [-0.25, -0.2) is 0 Å². The zero-order valence-electron chi connectivity index (χ0n) is 12.2. The van der Waals surface area contributed by atoms with Crippen LogP contribution >= 0.6 is 15.9 Å². The predicted molar refractivity (Wildman–Crippen MR) is 87.1 cm³/mol. The molecule has 2 fully saturated rings. The monoisotopic (exact) mass is 353 g/mol. The number of rotatable bonds is 3. The molecule has 2 atom stereocenters. The number of benzene rings is 1. The number of nitrogens with zero attached hydrogens (tertiary/aromatic N) is 3. The van der Waals surface area contributed by atoms with Crippen LogP contribution in [-0.2, 0) is 5.33 Å². The second-order valence-corrected chi connectivity index (χ2v) is 6.56. The molecule has 2 aliphatic rings. The lowest BCUT2D eigenvalue weighted by molar-refractivity contribution is -0.384. The van der Waals surface area contributed by atoms with Gasteiger partial charge >= 0.3 is 0 Å². The molecule has 0 bridgehead atoms. The number of fused-ring (bicyclic) bond motifs is 1. The fraction of sp³-hybridized carbons (Fsp3) is 0.600. The molecule has 2 aliphatic heterocycles. The third-order valence-electron chi connectivity index (χ3n) is 4.66. The van der Waals surface area contributed by atoms with Gasteiger partial charge in [-0.15, -0.1) is 0 Å². The minimum absolute atomic E-state index is 0.167. The summed E-state index contributed by atoms with van der Waals surface area (Å²) in [5, 5.41) is 11.6. The van der Waals surface area contributed by atoms with E-state index in [2.05, 4.69) is 32.7 Å². The van der Waals surface area contributed by atoms with Gasteiger partial charge in [-0.05, 0) is 37.9 Å². The number of nitro benzene ring substituents is 1. The highest BCUT2D eigenvalue weighted by Gasteiger charge is 2.35. The van der Waals surface area contributed by atoms with Crippen molar-refractivity contribution in [2.45, 2.75) is 37.2 Å². The normalized spacial score (nSPS) is 25.9. The van der Waals surface area contributed by atoms with Crippen LogP contribution in [0.2, 0.25) is 0 Å². The molecule has 0 radical (unpaired) electrons. The minimum atomic E-state index is -0.325. The van der Waals surface area contributed by atoms with Gasteiger partial charge in [-0.3, -0.25) is 15.0 Å². The molecule has 0 aliphatic carbocycles. The van der Waals surface area contributed by atoms with Gasteiger partial charge in [0.2, 0.25) is 0 Å². The molecule has 5 nitrogen and oxygen atoms in total. The average Bonchev–Trinajstić information content (AvgIpc) is 2.92. The number of piperazine rings is 1. The van der Waals surface area contributed by atoms with E-state index in [-0.39, 0.29) is 10.6 Å². The molecule has 0 spiro atoms. The highest BCUT2D eigenvalue weighted by atomic mass is 79.9. The van der Waals surface area contributed by atoms with E-state index in [0.717, 1.165) is 24.3 Å². The second kappa shape index (κ2) is 5.93. The van der Waals surface area contributed by atoms with Crippen LogP contribution in [0.5, 0.6) is 0 Å². The maximum Gasteiger partial charge on any atom is 0.269 e. The Balaban J connectivity index is 1.90. The highest BCUT2D eigenvalue weighted by molar-refractivity contribution is 9.08. The smallest absolute Gasteiger partial charge is 0.269 e. The number of hydrogen-bond donors (Lipinski definition) is 0. The van der Waals surface area contributed by atoms with E-state index < -0.39 is 0 Å². The van der Waals surface area contributed by atoms with Crippen molar-refractivity contribution in [1.29, 1.82) is 0 Å². The zero-order valence-corrected chi connectivity index (χ0v) is 13.8. The summed E-state index contributed by atoms with van der Waals surface area (Å²) in [6.45, 7) is 5.57. The molecule has 3 rings (SSSR count). The van der Waals surface area contributed by atoms with Gasteiger partial charge in [0, 0.05) is 48.3 Å². The molecule has 6 heteroatoms. The number of alkyl halides is 1. The van der Waals surface area contributed by atoms with E-state index in [1.165, 1.54) is 19.4 Å². The number of hydrogen-bond acceptors (Lipinski definition) is 4. The Morgan fingerprint density at radius 3 is 2.95 bits per heavy atom. The van der Waals surface area contributed by atoms with Crippen LogP contribution in [0.3, 0.4) is 0 Å². The number of halogens is 1. The minimum Gasteiger partial charge on any atom is -0.366 e. The first-order valence-electron chi connectivity index (χ1n) is 7.44. The molecule has 2 unspecified atom stereocenters. The summed E-state index contributed by atoms with van der Waals surface area (Å²) in [5.41, 5.74) is 2.30. The Kier molecular flexibility index (Phi) is 4.17. The third-order valence-corrected chi connectivity index (χ3v) is 5.27. The van der Waals surface area contributed by atoms with Crippen LogP contribution in [0, 0.1) is 10.1 Å². The molecule has 2 saturated heterocycles. The van der Waals surface area contributed by atoms with Gasteiger partial charge in [0.1, 0.15) is 0 Å². The lowest BCUT2D eigenvalue weighted by Crippen LogP contribution is -2.55. The number of nitro groups is 1. The molecule has 1 aromatic rings. The van der Waals surface area contributed by atoms with Crippen molar-refractivity contribution in [2.24, 2.45) is 0 Å². The van der Waals surface area contributed by atoms with Gasteiger partial charge in [0.15, 0.2) is 0 Å². The third kappa shape index (κ3) is 2.79.